The van der Waals surface area contributed by atoms with E-state index in [-0.39, 0.29) is 5.75 Å². The highest BCUT2D eigenvalue weighted by atomic mass is 16.5. The van der Waals surface area contributed by atoms with Crippen molar-refractivity contribution in [2.45, 2.75) is 6.42 Å². The molecule has 62 valence electrons. The molecule has 0 spiro atoms. The summed E-state index contributed by atoms with van der Waals surface area (Å²) in [7, 11) is 1.55. The Balaban J connectivity index is 3.04. The fourth-order valence-electron chi connectivity index (χ4n) is 0.989. The molecule has 0 heterocycles. The van der Waals surface area contributed by atoms with Gasteiger partial charge in [0, 0.05) is 18.1 Å². The van der Waals surface area contributed by atoms with E-state index in [0.29, 0.717) is 12.2 Å². The van der Waals surface area contributed by atoms with Crippen LogP contribution in [-0.4, -0.2) is 12.2 Å². The Kier molecular flexibility index (Phi) is 2.60. The van der Waals surface area contributed by atoms with Gasteiger partial charge in [-0.25, -0.2) is 0 Å². The molecule has 1 aromatic rings. The molecule has 0 saturated carbocycles. The lowest BCUT2D eigenvalue weighted by Gasteiger charge is -2.05. The van der Waals surface area contributed by atoms with Crippen LogP contribution in [0.2, 0.25) is 0 Å². The summed E-state index contributed by atoms with van der Waals surface area (Å²) < 4.78 is 5.02. The number of hydrogen-bond acceptors (Lipinski definition) is 2. The van der Waals surface area contributed by atoms with Gasteiger partial charge in [-0.1, -0.05) is 6.07 Å². The van der Waals surface area contributed by atoms with Crippen LogP contribution in [0.3, 0.4) is 0 Å². The van der Waals surface area contributed by atoms with Crippen molar-refractivity contribution in [2.75, 3.05) is 7.11 Å². The molecular weight excluding hydrogens is 152 g/mol. The second-order valence-corrected chi connectivity index (χ2v) is 2.38. The highest BCUT2D eigenvalue weighted by molar-refractivity contribution is 5.41. The molecule has 2 heteroatoms. The maximum absolute atomic E-state index is 9.11. The molecule has 0 aliphatic carbocycles. The number of benzene rings is 1. The fourth-order valence-corrected chi connectivity index (χ4v) is 0.989. The lowest BCUT2D eigenvalue weighted by molar-refractivity contribution is 0.404. The van der Waals surface area contributed by atoms with Crippen LogP contribution in [0.5, 0.6) is 11.5 Å². The zero-order valence-corrected chi connectivity index (χ0v) is 6.87. The minimum Gasteiger partial charge on any atom is -0.508 e. The number of hydrogen-bond donors (Lipinski definition) is 1. The molecule has 0 amide bonds. The maximum atomic E-state index is 9.11. The maximum Gasteiger partial charge on any atom is 0.126 e. The molecule has 0 bridgehead atoms. The molecule has 0 atom stereocenters. The Labute approximate surface area is 71.8 Å². The topological polar surface area (TPSA) is 29.5 Å². The quantitative estimate of drug-likeness (QED) is 0.669. The molecule has 1 rings (SSSR count). The standard InChI is InChI=1S/C10H10O2/c1-3-4-8-5-6-9(11)7-10(8)12-2/h1,5-7,11H,4H2,2H3. The highest BCUT2D eigenvalue weighted by Crippen LogP contribution is 2.23. The highest BCUT2D eigenvalue weighted by Gasteiger charge is 2.01. The smallest absolute Gasteiger partial charge is 0.126 e. The zero-order valence-electron chi connectivity index (χ0n) is 6.87. The van der Waals surface area contributed by atoms with Crippen LogP contribution in [0.15, 0.2) is 18.2 Å². The lowest BCUT2D eigenvalue weighted by atomic mass is 10.1. The summed E-state index contributed by atoms with van der Waals surface area (Å²) >= 11 is 0. The molecule has 0 aliphatic rings. The van der Waals surface area contributed by atoms with Crippen molar-refractivity contribution in [3.8, 4) is 23.8 Å². The first-order chi connectivity index (χ1) is 5.77. The molecule has 0 saturated heterocycles. The van der Waals surface area contributed by atoms with E-state index >= 15 is 0 Å². The second kappa shape index (κ2) is 3.68. The van der Waals surface area contributed by atoms with Gasteiger partial charge in [0.1, 0.15) is 11.5 Å². The van der Waals surface area contributed by atoms with Gasteiger partial charge in [-0.2, -0.15) is 0 Å². The predicted octanol–water partition coefficient (Wildman–Crippen LogP) is 1.58. The lowest BCUT2D eigenvalue weighted by Crippen LogP contribution is -1.89. The third-order valence-corrected chi connectivity index (χ3v) is 1.56. The summed E-state index contributed by atoms with van der Waals surface area (Å²) in [6.45, 7) is 0. The first kappa shape index (κ1) is 8.48. The Bertz CT molecular complexity index is 310. The molecule has 1 N–H and O–H groups in total. The molecule has 2 nitrogen and oxygen atoms in total. The summed E-state index contributed by atoms with van der Waals surface area (Å²) in [5.74, 6) is 3.34. The van der Waals surface area contributed by atoms with E-state index in [0.717, 1.165) is 5.56 Å². The van der Waals surface area contributed by atoms with Gasteiger partial charge in [0.25, 0.3) is 0 Å². The first-order valence-corrected chi connectivity index (χ1v) is 3.57. The number of ether oxygens (including phenoxy) is 1. The molecule has 0 radical (unpaired) electrons. The van der Waals surface area contributed by atoms with Crippen LogP contribution in [0.1, 0.15) is 5.56 Å². The van der Waals surface area contributed by atoms with Gasteiger partial charge in [0.15, 0.2) is 0 Å². The summed E-state index contributed by atoms with van der Waals surface area (Å²) in [4.78, 5) is 0. The summed E-state index contributed by atoms with van der Waals surface area (Å²) in [6, 6.07) is 4.90. The second-order valence-electron chi connectivity index (χ2n) is 2.38. The monoisotopic (exact) mass is 162 g/mol. The largest absolute Gasteiger partial charge is 0.508 e. The van der Waals surface area contributed by atoms with Crippen LogP contribution < -0.4 is 4.74 Å². The average molecular weight is 162 g/mol. The third-order valence-electron chi connectivity index (χ3n) is 1.56. The van der Waals surface area contributed by atoms with Gasteiger partial charge in [-0.3, -0.25) is 0 Å². The van der Waals surface area contributed by atoms with Gasteiger partial charge in [0.2, 0.25) is 0 Å². The summed E-state index contributed by atoms with van der Waals surface area (Å²) in [5, 5.41) is 9.11. The van der Waals surface area contributed by atoms with Crippen LogP contribution in [0.25, 0.3) is 0 Å². The number of phenols is 1. The zero-order chi connectivity index (χ0) is 8.97. The Morgan fingerprint density at radius 3 is 2.92 bits per heavy atom. The van der Waals surface area contributed by atoms with Crippen molar-refractivity contribution >= 4 is 0 Å². The first-order valence-electron chi connectivity index (χ1n) is 3.57. The van der Waals surface area contributed by atoms with Crippen molar-refractivity contribution in [1.82, 2.24) is 0 Å². The van der Waals surface area contributed by atoms with Gasteiger partial charge >= 0.3 is 0 Å². The normalized spacial score (nSPS) is 9.00. The van der Waals surface area contributed by atoms with Crippen molar-refractivity contribution in [3.05, 3.63) is 23.8 Å². The average Bonchev–Trinajstić information content (AvgIpc) is 2.08. The molecular formula is C10H10O2. The van der Waals surface area contributed by atoms with Crippen LogP contribution in [-0.2, 0) is 6.42 Å². The van der Waals surface area contributed by atoms with Crippen molar-refractivity contribution in [3.63, 3.8) is 0 Å². The van der Waals surface area contributed by atoms with Gasteiger partial charge in [-0.15, -0.1) is 12.3 Å². The van der Waals surface area contributed by atoms with Crippen LogP contribution in [0, 0.1) is 12.3 Å². The van der Waals surface area contributed by atoms with Crippen molar-refractivity contribution < 1.29 is 9.84 Å². The summed E-state index contributed by atoms with van der Waals surface area (Å²) in [6.07, 6.45) is 5.67. The van der Waals surface area contributed by atoms with Gasteiger partial charge in [0.05, 0.1) is 7.11 Å². The molecule has 1 aromatic carbocycles. The summed E-state index contributed by atoms with van der Waals surface area (Å²) in [5.41, 5.74) is 0.915. The van der Waals surface area contributed by atoms with Gasteiger partial charge in [-0.05, 0) is 6.07 Å². The van der Waals surface area contributed by atoms with Gasteiger partial charge < -0.3 is 9.84 Å². The fraction of sp³-hybridized carbons (Fsp3) is 0.200. The molecule has 0 aromatic heterocycles. The van der Waals surface area contributed by atoms with Crippen molar-refractivity contribution in [1.29, 1.82) is 0 Å². The Morgan fingerprint density at radius 1 is 1.58 bits per heavy atom. The minimum atomic E-state index is 0.188. The van der Waals surface area contributed by atoms with E-state index in [1.807, 2.05) is 0 Å². The van der Waals surface area contributed by atoms with E-state index in [4.69, 9.17) is 16.3 Å². The Morgan fingerprint density at radius 2 is 2.33 bits per heavy atom. The molecule has 0 unspecified atom stereocenters. The number of methoxy groups -OCH3 is 1. The van der Waals surface area contributed by atoms with E-state index in [2.05, 4.69) is 5.92 Å². The number of phenolic OH excluding ortho intramolecular Hbond substituents is 1. The number of aromatic hydroxyl groups is 1. The number of terminal acetylenes is 1. The van der Waals surface area contributed by atoms with E-state index in [1.54, 1.807) is 25.3 Å². The molecule has 12 heavy (non-hydrogen) atoms. The molecule has 0 fully saturated rings. The third kappa shape index (κ3) is 1.70. The predicted molar refractivity (Wildman–Crippen MR) is 47.2 cm³/mol. The molecule has 0 aliphatic heterocycles. The number of rotatable bonds is 2. The SMILES string of the molecule is C#CCc1ccc(O)cc1OC. The van der Waals surface area contributed by atoms with Crippen LogP contribution in [0.4, 0.5) is 0 Å². The van der Waals surface area contributed by atoms with Crippen LogP contribution >= 0.6 is 0 Å². The van der Waals surface area contributed by atoms with E-state index in [9.17, 15) is 0 Å². The van der Waals surface area contributed by atoms with Crippen molar-refractivity contribution in [2.24, 2.45) is 0 Å². The minimum absolute atomic E-state index is 0.188. The Hall–Kier alpha value is -1.62. The van der Waals surface area contributed by atoms with E-state index < -0.39 is 0 Å². The van der Waals surface area contributed by atoms with E-state index in [1.165, 1.54) is 0 Å².